The summed E-state index contributed by atoms with van der Waals surface area (Å²) in [5.41, 5.74) is 2.25. The van der Waals surface area contributed by atoms with Crippen molar-refractivity contribution in [3.05, 3.63) is 30.5 Å². The van der Waals surface area contributed by atoms with E-state index in [-0.39, 0.29) is 0 Å². The van der Waals surface area contributed by atoms with E-state index < -0.39 is 0 Å². The average Bonchev–Trinajstić information content (AvgIpc) is 2.98. The van der Waals surface area contributed by atoms with Gasteiger partial charge in [-0.25, -0.2) is 0 Å². The Balaban J connectivity index is 1.89. The largest absolute Gasteiger partial charge is 0.497 e. The van der Waals surface area contributed by atoms with Gasteiger partial charge in [-0.1, -0.05) is 12.1 Å². The summed E-state index contributed by atoms with van der Waals surface area (Å²) in [4.78, 5) is 2.27. The summed E-state index contributed by atoms with van der Waals surface area (Å²) in [5, 5.41) is 7.27. The smallest absolute Gasteiger partial charge is 0.132 e. The van der Waals surface area contributed by atoms with Crippen LogP contribution in [0.3, 0.4) is 0 Å². The Morgan fingerprint density at radius 3 is 2.63 bits per heavy atom. The van der Waals surface area contributed by atoms with Crippen LogP contribution in [0.4, 0.5) is 5.82 Å². The number of hydrogen-bond acceptors (Lipinski definition) is 4. The molecule has 0 bridgehead atoms. The third kappa shape index (κ3) is 2.42. The number of ether oxygens (including phenoxy) is 2. The molecule has 1 saturated heterocycles. The molecule has 1 aliphatic rings. The minimum atomic E-state index is 0.765. The predicted molar refractivity (Wildman–Crippen MR) is 73.6 cm³/mol. The van der Waals surface area contributed by atoms with Crippen molar-refractivity contribution in [2.45, 2.75) is 0 Å². The Labute approximate surface area is 112 Å². The molecule has 2 heterocycles. The highest BCUT2D eigenvalue weighted by atomic mass is 16.5. The topological polar surface area (TPSA) is 50.4 Å². The van der Waals surface area contributed by atoms with Crippen molar-refractivity contribution in [1.82, 2.24) is 10.2 Å². The maximum atomic E-state index is 5.38. The van der Waals surface area contributed by atoms with Gasteiger partial charge in [-0.3, -0.25) is 5.10 Å². The van der Waals surface area contributed by atoms with E-state index in [0.29, 0.717) is 0 Å². The number of aromatic nitrogens is 2. The molecule has 1 aromatic heterocycles. The number of benzene rings is 1. The normalized spacial score (nSPS) is 15.5. The molecule has 0 spiro atoms. The molecule has 1 N–H and O–H groups in total. The van der Waals surface area contributed by atoms with Crippen molar-refractivity contribution in [2.75, 3.05) is 38.3 Å². The van der Waals surface area contributed by atoms with Crippen molar-refractivity contribution >= 4 is 5.82 Å². The number of nitrogens with one attached hydrogen (secondary N) is 1. The number of nitrogens with zero attached hydrogens (tertiary/aromatic N) is 2. The lowest BCUT2D eigenvalue weighted by molar-refractivity contribution is 0.122. The van der Waals surface area contributed by atoms with Gasteiger partial charge in [0.05, 0.1) is 26.5 Å². The molecule has 0 amide bonds. The zero-order chi connectivity index (χ0) is 13.1. The fourth-order valence-electron chi connectivity index (χ4n) is 2.29. The maximum absolute atomic E-state index is 5.38. The number of H-pyrrole nitrogens is 1. The minimum absolute atomic E-state index is 0.765. The quantitative estimate of drug-likeness (QED) is 0.915. The predicted octanol–water partition coefficient (Wildman–Crippen LogP) is 1.92. The second-order valence-electron chi connectivity index (χ2n) is 4.46. The van der Waals surface area contributed by atoms with Gasteiger partial charge in [-0.15, -0.1) is 0 Å². The highest BCUT2D eigenvalue weighted by Gasteiger charge is 2.17. The molecule has 5 heteroatoms. The standard InChI is InChI=1S/C14H17N3O2/c1-18-12-4-2-11(3-5-12)13-10-15-16-14(13)17-6-8-19-9-7-17/h2-5,10H,6-9H2,1H3,(H,15,16). The van der Waals surface area contributed by atoms with Crippen LogP contribution in [0.15, 0.2) is 30.5 Å². The van der Waals surface area contributed by atoms with E-state index in [9.17, 15) is 0 Å². The summed E-state index contributed by atoms with van der Waals surface area (Å²) in [7, 11) is 1.67. The minimum Gasteiger partial charge on any atom is -0.497 e. The Morgan fingerprint density at radius 1 is 1.21 bits per heavy atom. The van der Waals surface area contributed by atoms with Crippen LogP contribution in [0, 0.1) is 0 Å². The van der Waals surface area contributed by atoms with Crippen LogP contribution in [-0.2, 0) is 4.74 Å². The van der Waals surface area contributed by atoms with Gasteiger partial charge in [0.1, 0.15) is 11.6 Å². The monoisotopic (exact) mass is 259 g/mol. The van der Waals surface area contributed by atoms with Crippen LogP contribution in [0.25, 0.3) is 11.1 Å². The fraction of sp³-hybridized carbons (Fsp3) is 0.357. The molecule has 2 aromatic rings. The molecule has 0 atom stereocenters. The average molecular weight is 259 g/mol. The van der Waals surface area contributed by atoms with Crippen molar-refractivity contribution in [3.63, 3.8) is 0 Å². The van der Waals surface area contributed by atoms with Gasteiger partial charge in [-0.2, -0.15) is 5.10 Å². The number of methoxy groups -OCH3 is 1. The van der Waals surface area contributed by atoms with Crippen LogP contribution < -0.4 is 9.64 Å². The van der Waals surface area contributed by atoms with E-state index in [1.807, 2.05) is 30.5 Å². The number of aromatic amines is 1. The van der Waals surface area contributed by atoms with Crippen LogP contribution in [0.2, 0.25) is 0 Å². The molecule has 100 valence electrons. The zero-order valence-electron chi connectivity index (χ0n) is 10.9. The molecule has 0 unspecified atom stereocenters. The maximum Gasteiger partial charge on any atom is 0.132 e. The molecule has 1 aliphatic heterocycles. The summed E-state index contributed by atoms with van der Waals surface area (Å²) in [6.07, 6.45) is 1.87. The number of anilines is 1. The van der Waals surface area contributed by atoms with E-state index in [1.54, 1.807) is 7.11 Å². The molecule has 0 saturated carbocycles. The molecular weight excluding hydrogens is 242 g/mol. The lowest BCUT2D eigenvalue weighted by Gasteiger charge is -2.28. The first-order valence-electron chi connectivity index (χ1n) is 6.39. The fourth-order valence-corrected chi connectivity index (χ4v) is 2.29. The molecule has 1 aromatic carbocycles. The van der Waals surface area contributed by atoms with Gasteiger partial charge >= 0.3 is 0 Å². The van der Waals surface area contributed by atoms with Gasteiger partial charge in [0, 0.05) is 18.7 Å². The van der Waals surface area contributed by atoms with Gasteiger partial charge < -0.3 is 14.4 Å². The third-order valence-corrected chi connectivity index (χ3v) is 3.35. The van der Waals surface area contributed by atoms with Gasteiger partial charge in [0.2, 0.25) is 0 Å². The summed E-state index contributed by atoms with van der Waals surface area (Å²) in [6, 6.07) is 8.03. The van der Waals surface area contributed by atoms with E-state index in [1.165, 1.54) is 0 Å². The molecule has 1 fully saturated rings. The van der Waals surface area contributed by atoms with Crippen LogP contribution in [0.5, 0.6) is 5.75 Å². The van der Waals surface area contributed by atoms with Crippen LogP contribution >= 0.6 is 0 Å². The highest BCUT2D eigenvalue weighted by molar-refractivity contribution is 5.75. The Morgan fingerprint density at radius 2 is 1.95 bits per heavy atom. The van der Waals surface area contributed by atoms with Gasteiger partial charge in [0.15, 0.2) is 0 Å². The Hall–Kier alpha value is -2.01. The molecule has 0 radical (unpaired) electrons. The van der Waals surface area contributed by atoms with Crippen molar-refractivity contribution in [3.8, 4) is 16.9 Å². The molecular formula is C14H17N3O2. The van der Waals surface area contributed by atoms with Crippen LogP contribution in [-0.4, -0.2) is 43.6 Å². The lowest BCUT2D eigenvalue weighted by atomic mass is 10.1. The summed E-state index contributed by atoms with van der Waals surface area (Å²) in [5.74, 6) is 1.92. The van der Waals surface area contributed by atoms with Crippen LogP contribution in [0.1, 0.15) is 0 Å². The summed E-state index contributed by atoms with van der Waals surface area (Å²) in [6.45, 7) is 3.32. The lowest BCUT2D eigenvalue weighted by Crippen LogP contribution is -2.36. The van der Waals surface area contributed by atoms with E-state index in [2.05, 4.69) is 15.1 Å². The highest BCUT2D eigenvalue weighted by Crippen LogP contribution is 2.30. The van der Waals surface area contributed by atoms with Gasteiger partial charge in [-0.05, 0) is 17.7 Å². The second kappa shape index (κ2) is 5.32. The van der Waals surface area contributed by atoms with Crippen molar-refractivity contribution < 1.29 is 9.47 Å². The first-order chi connectivity index (χ1) is 9.38. The SMILES string of the molecule is COc1ccc(-c2cn[nH]c2N2CCOCC2)cc1. The number of morpholine rings is 1. The van der Waals surface area contributed by atoms with E-state index in [0.717, 1.165) is 49.0 Å². The van der Waals surface area contributed by atoms with Gasteiger partial charge in [0.25, 0.3) is 0 Å². The van der Waals surface area contributed by atoms with E-state index >= 15 is 0 Å². The Kier molecular flexibility index (Phi) is 3.37. The Bertz CT molecular complexity index is 530. The molecule has 5 nitrogen and oxygen atoms in total. The summed E-state index contributed by atoms with van der Waals surface area (Å²) < 4.78 is 10.6. The molecule has 0 aliphatic carbocycles. The summed E-state index contributed by atoms with van der Waals surface area (Å²) >= 11 is 0. The first-order valence-corrected chi connectivity index (χ1v) is 6.39. The molecule has 3 rings (SSSR count). The zero-order valence-corrected chi connectivity index (χ0v) is 10.9. The van der Waals surface area contributed by atoms with Crippen molar-refractivity contribution in [1.29, 1.82) is 0 Å². The van der Waals surface area contributed by atoms with Crippen molar-refractivity contribution in [2.24, 2.45) is 0 Å². The van der Waals surface area contributed by atoms with E-state index in [4.69, 9.17) is 9.47 Å². The number of hydrogen-bond donors (Lipinski definition) is 1. The first kappa shape index (κ1) is 12.0. The molecule has 19 heavy (non-hydrogen) atoms. The second-order valence-corrected chi connectivity index (χ2v) is 4.46. The third-order valence-electron chi connectivity index (χ3n) is 3.35. The number of rotatable bonds is 3.